The van der Waals surface area contributed by atoms with Crippen LogP contribution in [-0.4, -0.2) is 56.3 Å². The maximum absolute atomic E-state index is 10.5. The van der Waals surface area contributed by atoms with Gasteiger partial charge in [-0.1, -0.05) is 84.0 Å². The van der Waals surface area contributed by atoms with Crippen LogP contribution in [0.1, 0.15) is 96.8 Å². The third-order valence-corrected chi connectivity index (χ3v) is 4.97. The van der Waals surface area contributed by atoms with E-state index in [1.165, 1.54) is 70.6 Å². The Balaban J connectivity index is 0.000000604. The van der Waals surface area contributed by atoms with Crippen LogP contribution in [0.15, 0.2) is 11.5 Å². The van der Waals surface area contributed by atoms with Gasteiger partial charge in [-0.15, -0.1) is 0 Å². The molecule has 2 atom stereocenters. The molecule has 0 aliphatic carbocycles. The first kappa shape index (κ1) is 28.2. The number of aliphatic hydroxyl groups is 4. The fraction of sp³-hybridized carbons (Fsp3) is 0.818. The van der Waals surface area contributed by atoms with Gasteiger partial charge in [-0.3, -0.25) is 4.79 Å². The summed E-state index contributed by atoms with van der Waals surface area (Å²) in [5, 5.41) is 43.5. The van der Waals surface area contributed by atoms with Crippen LogP contribution in [0.25, 0.3) is 0 Å². The number of rotatable bonds is 16. The molecule has 1 rings (SSSR count). The average molecular weight is 433 g/mol. The van der Waals surface area contributed by atoms with E-state index in [0.717, 1.165) is 12.8 Å². The van der Waals surface area contributed by atoms with Crippen molar-refractivity contribution >= 4 is 11.9 Å². The van der Waals surface area contributed by atoms with E-state index in [-0.39, 0.29) is 0 Å². The monoisotopic (exact) mass is 432 g/mol. The quantitative estimate of drug-likeness (QED) is 0.181. The number of hydrogen-bond acceptors (Lipinski definition) is 7. The van der Waals surface area contributed by atoms with Crippen LogP contribution in [0.3, 0.4) is 0 Å². The van der Waals surface area contributed by atoms with E-state index >= 15 is 0 Å². The van der Waals surface area contributed by atoms with Crippen molar-refractivity contribution in [3.05, 3.63) is 11.5 Å². The average Bonchev–Trinajstić information content (AvgIpc) is 2.98. The number of carboxylic acids is 1. The van der Waals surface area contributed by atoms with Crippen molar-refractivity contribution in [1.29, 1.82) is 0 Å². The summed E-state index contributed by atoms with van der Waals surface area (Å²) in [7, 11) is 0. The second kappa shape index (κ2) is 18.0. The van der Waals surface area contributed by atoms with Crippen molar-refractivity contribution < 1.29 is 39.9 Å². The molecule has 30 heavy (non-hydrogen) atoms. The number of ether oxygens (including phenoxy) is 1. The molecule has 0 saturated carbocycles. The molecular formula is C22H40O8. The van der Waals surface area contributed by atoms with Crippen LogP contribution in [-0.2, 0) is 14.3 Å². The molecule has 0 aromatic rings. The second-order valence-corrected chi connectivity index (χ2v) is 7.70. The van der Waals surface area contributed by atoms with Gasteiger partial charge in [-0.05, 0) is 6.42 Å². The molecule has 1 aliphatic heterocycles. The molecule has 5 N–H and O–H groups in total. The number of carbonyl (C=O) groups is 2. The molecule has 0 unspecified atom stereocenters. The van der Waals surface area contributed by atoms with E-state index in [0.29, 0.717) is 6.42 Å². The topological polar surface area (TPSA) is 145 Å². The number of aliphatic hydroxyl groups excluding tert-OH is 4. The fourth-order valence-electron chi connectivity index (χ4n) is 3.12. The molecule has 176 valence electrons. The normalized spacial score (nSPS) is 16.8. The summed E-state index contributed by atoms with van der Waals surface area (Å²) in [4.78, 5) is 20.8. The molecule has 1 aliphatic rings. The number of hydrogen-bond donors (Lipinski definition) is 5. The lowest BCUT2D eigenvalue weighted by Gasteiger charge is -2.13. The minimum Gasteiger partial charge on any atom is -0.505 e. The third-order valence-electron chi connectivity index (χ3n) is 4.97. The molecule has 8 nitrogen and oxygen atoms in total. The van der Waals surface area contributed by atoms with Crippen molar-refractivity contribution in [2.45, 2.75) is 109 Å². The second-order valence-electron chi connectivity index (χ2n) is 7.70. The summed E-state index contributed by atoms with van der Waals surface area (Å²) in [6.07, 6.45) is 14.5. The van der Waals surface area contributed by atoms with Crippen molar-refractivity contribution in [3.8, 4) is 0 Å². The fourth-order valence-corrected chi connectivity index (χ4v) is 3.12. The van der Waals surface area contributed by atoms with Gasteiger partial charge in [0.05, 0.1) is 6.61 Å². The van der Waals surface area contributed by atoms with Crippen LogP contribution in [0.5, 0.6) is 0 Å². The molecular weight excluding hydrogens is 392 g/mol. The lowest BCUT2D eigenvalue weighted by molar-refractivity contribution is -0.147. The summed E-state index contributed by atoms with van der Waals surface area (Å²) in [6.45, 7) is 1.59. The Labute approximate surface area is 179 Å². The van der Waals surface area contributed by atoms with E-state index < -0.39 is 42.3 Å². The van der Waals surface area contributed by atoms with Crippen molar-refractivity contribution in [3.63, 3.8) is 0 Å². The van der Waals surface area contributed by atoms with E-state index in [1.807, 2.05) is 0 Å². The van der Waals surface area contributed by atoms with Crippen LogP contribution < -0.4 is 0 Å². The Hall–Kier alpha value is -1.80. The van der Waals surface area contributed by atoms with Gasteiger partial charge in [0.1, 0.15) is 6.10 Å². The lowest BCUT2D eigenvalue weighted by atomic mass is 10.0. The van der Waals surface area contributed by atoms with E-state index in [2.05, 4.69) is 11.7 Å². The molecule has 0 fully saturated rings. The molecule has 0 aromatic carbocycles. The molecule has 0 amide bonds. The van der Waals surface area contributed by atoms with Crippen molar-refractivity contribution in [1.82, 2.24) is 0 Å². The number of carboxylic acid groups (broad SMARTS) is 1. The Morgan fingerprint density at radius 1 is 0.900 bits per heavy atom. The molecule has 0 radical (unpaired) electrons. The highest BCUT2D eigenvalue weighted by Gasteiger charge is 2.38. The van der Waals surface area contributed by atoms with Crippen LogP contribution >= 0.6 is 0 Å². The zero-order chi connectivity index (χ0) is 22.8. The summed E-state index contributed by atoms with van der Waals surface area (Å²) in [5.74, 6) is -3.43. The van der Waals surface area contributed by atoms with Crippen molar-refractivity contribution in [2.24, 2.45) is 0 Å². The Morgan fingerprint density at radius 3 is 1.67 bits per heavy atom. The number of cyclic esters (lactones) is 1. The van der Waals surface area contributed by atoms with E-state index in [1.54, 1.807) is 0 Å². The van der Waals surface area contributed by atoms with Gasteiger partial charge in [0, 0.05) is 6.42 Å². The van der Waals surface area contributed by atoms with Crippen molar-refractivity contribution in [2.75, 3.05) is 6.61 Å². The first-order valence-corrected chi connectivity index (χ1v) is 11.2. The number of esters is 1. The standard InChI is InChI=1S/C16H32O2.C6H8O6/c1-2-3-4-5-6-7-8-9-10-11-12-13-14-15-16(17)18;7-1-2(8)5-3(9)4(10)6(11)12-5/h2-15H2,1H3,(H,17,18);2,5,7-10H,1H2/t;2-,5+/m.0/s1. The van der Waals surface area contributed by atoms with Gasteiger partial charge in [0.15, 0.2) is 11.9 Å². The SMILES string of the molecule is CCCCCCCCCCCCCCCC(=O)O.O=C1O[C@H]([C@@H](O)CO)C(O)=C1O. The predicted octanol–water partition coefficient (Wildman–Crippen LogP) is 4.14. The van der Waals surface area contributed by atoms with Gasteiger partial charge in [0.2, 0.25) is 5.76 Å². The number of unbranched alkanes of at least 4 members (excludes halogenated alkanes) is 12. The molecule has 1 heterocycles. The van der Waals surface area contributed by atoms with Crippen LogP contribution in [0.2, 0.25) is 0 Å². The molecule has 8 heteroatoms. The minimum absolute atomic E-state index is 0.345. The number of carbonyl (C=O) groups excluding carboxylic acids is 1. The number of aliphatic carboxylic acids is 1. The van der Waals surface area contributed by atoms with Gasteiger partial charge < -0.3 is 30.3 Å². The maximum Gasteiger partial charge on any atom is 0.377 e. The zero-order valence-electron chi connectivity index (χ0n) is 18.2. The van der Waals surface area contributed by atoms with E-state index in [9.17, 15) is 9.59 Å². The highest BCUT2D eigenvalue weighted by atomic mass is 16.6. The zero-order valence-corrected chi connectivity index (χ0v) is 18.2. The smallest absolute Gasteiger partial charge is 0.377 e. The van der Waals surface area contributed by atoms with E-state index in [4.69, 9.17) is 25.5 Å². The maximum atomic E-state index is 10.5. The van der Waals surface area contributed by atoms with Crippen LogP contribution in [0.4, 0.5) is 0 Å². The Kier molecular flexibility index (Phi) is 16.9. The molecule has 0 saturated heterocycles. The lowest BCUT2D eigenvalue weighted by Crippen LogP contribution is -2.31. The molecule has 0 aromatic heterocycles. The van der Waals surface area contributed by atoms with Gasteiger partial charge in [-0.2, -0.15) is 0 Å². The van der Waals surface area contributed by atoms with Gasteiger partial charge in [-0.25, -0.2) is 4.79 Å². The Bertz CT molecular complexity index is 503. The summed E-state index contributed by atoms with van der Waals surface area (Å²) >= 11 is 0. The largest absolute Gasteiger partial charge is 0.505 e. The summed E-state index contributed by atoms with van der Waals surface area (Å²) in [5.41, 5.74) is 0. The Morgan fingerprint density at radius 2 is 1.33 bits per heavy atom. The highest BCUT2D eigenvalue weighted by Crippen LogP contribution is 2.20. The first-order chi connectivity index (χ1) is 14.3. The highest BCUT2D eigenvalue weighted by molar-refractivity contribution is 5.89. The predicted molar refractivity (Wildman–Crippen MR) is 113 cm³/mol. The minimum atomic E-state index is -1.42. The van der Waals surface area contributed by atoms with Crippen LogP contribution in [0, 0.1) is 0 Å². The van der Waals surface area contributed by atoms with Gasteiger partial charge in [0.25, 0.3) is 0 Å². The first-order valence-electron chi connectivity index (χ1n) is 11.2. The molecule has 0 spiro atoms. The van der Waals surface area contributed by atoms with Gasteiger partial charge >= 0.3 is 11.9 Å². The third kappa shape index (κ3) is 13.4. The molecule has 0 bridgehead atoms. The summed E-state index contributed by atoms with van der Waals surface area (Å²) < 4.78 is 4.32. The summed E-state index contributed by atoms with van der Waals surface area (Å²) in [6, 6.07) is 0.